The van der Waals surface area contributed by atoms with E-state index in [1.165, 1.54) is 44.9 Å². The van der Waals surface area contributed by atoms with E-state index in [1.807, 2.05) is 6.92 Å². The fourth-order valence-electron chi connectivity index (χ4n) is 6.23. The van der Waals surface area contributed by atoms with E-state index in [1.54, 1.807) is 0 Å². The average molecular weight is 305 g/mol. The van der Waals surface area contributed by atoms with Crippen molar-refractivity contribution < 1.29 is 4.79 Å². The third-order valence-corrected chi connectivity index (χ3v) is 7.01. The number of likely N-dealkylation sites (N-methyl/N-ethyl adjacent to an activating group) is 1. The highest BCUT2D eigenvalue weighted by Crippen LogP contribution is 2.51. The quantitative estimate of drug-likeness (QED) is 0.818. The average Bonchev–Trinajstić information content (AvgIpc) is 3.04. The molecule has 0 amide bonds. The van der Waals surface area contributed by atoms with E-state index in [9.17, 15) is 4.79 Å². The zero-order valence-electron chi connectivity index (χ0n) is 14.1. The molecule has 1 aliphatic carbocycles. The van der Waals surface area contributed by atoms with Gasteiger partial charge in [0.25, 0.3) is 0 Å². The highest BCUT2D eigenvalue weighted by Gasteiger charge is 2.59. The van der Waals surface area contributed by atoms with Crippen LogP contribution in [0.25, 0.3) is 0 Å². The Morgan fingerprint density at radius 3 is 2.55 bits per heavy atom. The molecular weight excluding hydrogens is 274 g/mol. The molecule has 124 valence electrons. The van der Waals surface area contributed by atoms with Crippen molar-refractivity contribution in [3.8, 4) is 0 Å². The normalized spacial score (nSPS) is 46.5. The number of likely N-dealkylation sites (tertiary alicyclic amines) is 1. The molecule has 0 aromatic carbocycles. The van der Waals surface area contributed by atoms with E-state index >= 15 is 0 Å². The van der Waals surface area contributed by atoms with Crippen LogP contribution in [0, 0.1) is 23.7 Å². The first-order valence-corrected chi connectivity index (χ1v) is 9.40. The van der Waals surface area contributed by atoms with E-state index in [-0.39, 0.29) is 6.04 Å². The summed E-state index contributed by atoms with van der Waals surface area (Å²) < 4.78 is 0. The summed E-state index contributed by atoms with van der Waals surface area (Å²) in [4.78, 5) is 14.8. The molecule has 4 rings (SSSR count). The van der Waals surface area contributed by atoms with Gasteiger partial charge in [0.2, 0.25) is 0 Å². The van der Waals surface area contributed by atoms with Gasteiger partial charge in [0.15, 0.2) is 0 Å². The fourth-order valence-corrected chi connectivity index (χ4v) is 6.23. The van der Waals surface area contributed by atoms with Crippen LogP contribution >= 0.6 is 0 Å². The van der Waals surface area contributed by atoms with Gasteiger partial charge >= 0.3 is 0 Å². The molecule has 4 fully saturated rings. The van der Waals surface area contributed by atoms with E-state index < -0.39 is 0 Å². The number of carbonyl (C=O) groups excluding carboxylic acids is 1. The lowest BCUT2D eigenvalue weighted by atomic mass is 9.67. The number of rotatable bonds is 2. The Bertz CT molecular complexity index is 434. The lowest BCUT2D eigenvalue weighted by molar-refractivity contribution is -0.123. The number of hydrogen-bond acceptors (Lipinski definition) is 4. The second-order valence-corrected chi connectivity index (χ2v) is 8.12. The standard InChI is InChI=1S/C18H31N3O/c1-11(22)16-14(12-7-4-3-5-8-12)15-13-9-6-10-19-17(13)20-18(15)21(16)2/h12-20H,3-10H2,1-2H3. The maximum atomic E-state index is 12.4. The SMILES string of the molecule is CC(=O)C1C(C2CCCCC2)C2C3CCCNC3NC2N1C. The van der Waals surface area contributed by atoms with Crippen LogP contribution in [-0.2, 0) is 4.79 Å². The highest BCUT2D eigenvalue weighted by molar-refractivity contribution is 5.82. The molecule has 6 unspecified atom stereocenters. The van der Waals surface area contributed by atoms with Crippen LogP contribution in [0.15, 0.2) is 0 Å². The van der Waals surface area contributed by atoms with Crippen molar-refractivity contribution in [2.24, 2.45) is 23.7 Å². The van der Waals surface area contributed by atoms with Gasteiger partial charge in [0.1, 0.15) is 5.78 Å². The van der Waals surface area contributed by atoms with Gasteiger partial charge in [0.05, 0.1) is 18.4 Å². The minimum atomic E-state index is 0.147. The van der Waals surface area contributed by atoms with E-state index in [4.69, 9.17) is 0 Å². The number of ketones is 1. The smallest absolute Gasteiger partial charge is 0.147 e. The van der Waals surface area contributed by atoms with Crippen LogP contribution in [0.1, 0.15) is 51.9 Å². The predicted octanol–water partition coefficient (Wildman–Crippen LogP) is 1.96. The van der Waals surface area contributed by atoms with Gasteiger partial charge in [-0.2, -0.15) is 0 Å². The molecule has 0 aromatic heterocycles. The molecule has 22 heavy (non-hydrogen) atoms. The molecule has 3 heterocycles. The molecule has 6 atom stereocenters. The molecule has 4 aliphatic rings. The monoisotopic (exact) mass is 305 g/mol. The van der Waals surface area contributed by atoms with Gasteiger partial charge in [-0.05, 0) is 57.0 Å². The zero-order chi connectivity index (χ0) is 15.3. The Morgan fingerprint density at radius 1 is 1.05 bits per heavy atom. The Hall–Kier alpha value is -0.450. The lowest BCUT2D eigenvalue weighted by Gasteiger charge is -2.39. The van der Waals surface area contributed by atoms with Crippen LogP contribution in [0.2, 0.25) is 0 Å². The first-order chi connectivity index (χ1) is 10.7. The Balaban J connectivity index is 1.65. The topological polar surface area (TPSA) is 44.4 Å². The Morgan fingerprint density at radius 2 is 1.82 bits per heavy atom. The summed E-state index contributed by atoms with van der Waals surface area (Å²) >= 11 is 0. The van der Waals surface area contributed by atoms with Crippen molar-refractivity contribution in [2.75, 3.05) is 13.6 Å². The first-order valence-electron chi connectivity index (χ1n) is 9.40. The van der Waals surface area contributed by atoms with Crippen LogP contribution in [-0.4, -0.2) is 42.6 Å². The van der Waals surface area contributed by atoms with Gasteiger partial charge in [0, 0.05) is 0 Å². The van der Waals surface area contributed by atoms with Crippen LogP contribution in [0.4, 0.5) is 0 Å². The molecule has 4 heteroatoms. The van der Waals surface area contributed by atoms with Crippen molar-refractivity contribution in [2.45, 2.75) is 70.2 Å². The first kappa shape index (κ1) is 15.1. The van der Waals surface area contributed by atoms with Crippen molar-refractivity contribution in [3.05, 3.63) is 0 Å². The van der Waals surface area contributed by atoms with Gasteiger partial charge in [-0.3, -0.25) is 15.0 Å². The maximum absolute atomic E-state index is 12.4. The second-order valence-electron chi connectivity index (χ2n) is 8.12. The van der Waals surface area contributed by atoms with Crippen LogP contribution in [0.3, 0.4) is 0 Å². The maximum Gasteiger partial charge on any atom is 0.147 e. The third-order valence-electron chi connectivity index (χ3n) is 7.01. The Kier molecular flexibility index (Phi) is 4.04. The zero-order valence-corrected chi connectivity index (χ0v) is 14.1. The number of fused-ring (bicyclic) bond motifs is 3. The molecule has 3 aliphatic heterocycles. The van der Waals surface area contributed by atoms with Gasteiger partial charge in [-0.15, -0.1) is 0 Å². The van der Waals surface area contributed by atoms with Crippen LogP contribution in [0.5, 0.6) is 0 Å². The van der Waals surface area contributed by atoms with Gasteiger partial charge in [-0.1, -0.05) is 32.1 Å². The molecule has 1 saturated carbocycles. The minimum Gasteiger partial charge on any atom is -0.302 e. The summed E-state index contributed by atoms with van der Waals surface area (Å²) in [6.45, 7) is 2.95. The van der Waals surface area contributed by atoms with Crippen molar-refractivity contribution in [3.63, 3.8) is 0 Å². The molecule has 0 radical (unpaired) electrons. The second kappa shape index (κ2) is 5.88. The predicted molar refractivity (Wildman–Crippen MR) is 87.2 cm³/mol. The molecule has 0 spiro atoms. The summed E-state index contributed by atoms with van der Waals surface area (Å²) in [5, 5.41) is 7.50. The fraction of sp³-hybridized carbons (Fsp3) is 0.944. The number of hydrogen-bond donors (Lipinski definition) is 2. The lowest BCUT2D eigenvalue weighted by Crippen LogP contribution is -2.53. The molecule has 2 N–H and O–H groups in total. The summed E-state index contributed by atoms with van der Waals surface area (Å²) in [6, 6.07) is 0.147. The summed E-state index contributed by atoms with van der Waals surface area (Å²) in [5.74, 6) is 3.12. The van der Waals surface area contributed by atoms with Gasteiger partial charge in [-0.25, -0.2) is 0 Å². The highest BCUT2D eigenvalue weighted by atomic mass is 16.1. The largest absolute Gasteiger partial charge is 0.302 e. The Labute approximate surface area is 134 Å². The molecule has 0 aromatic rings. The molecule has 3 saturated heterocycles. The van der Waals surface area contributed by atoms with Crippen molar-refractivity contribution in [1.29, 1.82) is 0 Å². The summed E-state index contributed by atoms with van der Waals surface area (Å²) in [5.41, 5.74) is 0. The molecule has 0 bridgehead atoms. The van der Waals surface area contributed by atoms with Gasteiger partial charge < -0.3 is 5.32 Å². The van der Waals surface area contributed by atoms with E-state index in [2.05, 4.69) is 22.6 Å². The number of Topliss-reactive ketones (excluding diaryl/α,β-unsaturated/α-hetero) is 1. The number of nitrogens with one attached hydrogen (secondary N) is 2. The summed E-state index contributed by atoms with van der Waals surface area (Å²) in [6.07, 6.45) is 10.3. The molecular formula is C18H31N3O. The van der Waals surface area contributed by atoms with Crippen molar-refractivity contribution >= 4 is 5.78 Å². The molecule has 4 nitrogen and oxygen atoms in total. The van der Waals surface area contributed by atoms with Crippen LogP contribution < -0.4 is 10.6 Å². The number of nitrogens with zero attached hydrogens (tertiary/aromatic N) is 1. The van der Waals surface area contributed by atoms with E-state index in [0.717, 1.165) is 18.4 Å². The van der Waals surface area contributed by atoms with Crippen molar-refractivity contribution in [1.82, 2.24) is 15.5 Å². The number of carbonyl (C=O) groups is 1. The van der Waals surface area contributed by atoms with E-state index in [0.29, 0.717) is 30.0 Å². The minimum absolute atomic E-state index is 0.147. The summed E-state index contributed by atoms with van der Waals surface area (Å²) in [7, 11) is 2.18. The third kappa shape index (κ3) is 2.26. The number of piperidine rings is 1.